The highest BCUT2D eigenvalue weighted by atomic mass is 32.2. The SMILES string of the molecule is CS(=O)(=O)CCSc1ccc(N)nc1. The van der Waals surface area contributed by atoms with E-state index in [4.69, 9.17) is 5.73 Å². The number of nitrogen functional groups attached to an aromatic ring is 1. The average Bonchev–Trinajstić information content (AvgIpc) is 2.06. The highest BCUT2D eigenvalue weighted by Crippen LogP contribution is 2.17. The molecule has 2 N–H and O–H groups in total. The normalized spacial score (nSPS) is 11.5. The Hall–Kier alpha value is -0.750. The summed E-state index contributed by atoms with van der Waals surface area (Å²) in [6, 6.07) is 3.53. The van der Waals surface area contributed by atoms with Crippen LogP contribution >= 0.6 is 11.8 Å². The maximum absolute atomic E-state index is 10.8. The number of aromatic nitrogens is 1. The van der Waals surface area contributed by atoms with Crippen molar-refractivity contribution in [2.75, 3.05) is 23.5 Å². The van der Waals surface area contributed by atoms with E-state index in [1.807, 2.05) is 6.07 Å². The Morgan fingerprint density at radius 1 is 1.50 bits per heavy atom. The van der Waals surface area contributed by atoms with E-state index in [-0.39, 0.29) is 5.75 Å². The number of nitrogens with two attached hydrogens (primary N) is 1. The van der Waals surface area contributed by atoms with Crippen molar-refractivity contribution < 1.29 is 8.42 Å². The van der Waals surface area contributed by atoms with Crippen LogP contribution in [0.5, 0.6) is 0 Å². The molecule has 0 aliphatic heterocycles. The Bertz CT molecular complexity index is 386. The first kappa shape index (κ1) is 11.3. The minimum absolute atomic E-state index is 0.183. The molecule has 0 unspecified atom stereocenters. The summed E-state index contributed by atoms with van der Waals surface area (Å²) in [5.41, 5.74) is 5.41. The van der Waals surface area contributed by atoms with E-state index in [9.17, 15) is 8.42 Å². The lowest BCUT2D eigenvalue weighted by atomic mass is 10.5. The fourth-order valence-electron chi connectivity index (χ4n) is 0.788. The summed E-state index contributed by atoms with van der Waals surface area (Å²) < 4.78 is 21.7. The largest absolute Gasteiger partial charge is 0.384 e. The smallest absolute Gasteiger partial charge is 0.148 e. The van der Waals surface area contributed by atoms with Gasteiger partial charge in [-0.2, -0.15) is 0 Å². The Kier molecular flexibility index (Phi) is 3.77. The van der Waals surface area contributed by atoms with Crippen LogP contribution in [0.2, 0.25) is 0 Å². The van der Waals surface area contributed by atoms with E-state index in [1.54, 1.807) is 12.3 Å². The lowest BCUT2D eigenvalue weighted by Gasteiger charge is -2.00. The molecule has 0 aromatic carbocycles. The molecule has 0 spiro atoms. The minimum Gasteiger partial charge on any atom is -0.384 e. The van der Waals surface area contributed by atoms with Crippen LogP contribution in [0.4, 0.5) is 5.82 Å². The summed E-state index contributed by atoms with van der Waals surface area (Å²) >= 11 is 1.46. The predicted molar refractivity (Wildman–Crippen MR) is 59.1 cm³/mol. The van der Waals surface area contributed by atoms with E-state index in [2.05, 4.69) is 4.98 Å². The van der Waals surface area contributed by atoms with Crippen LogP contribution in [-0.4, -0.2) is 31.2 Å². The lowest BCUT2D eigenvalue weighted by molar-refractivity contribution is 0.603. The third-order valence-corrected chi connectivity index (χ3v) is 3.67. The van der Waals surface area contributed by atoms with Crippen molar-refractivity contribution in [2.24, 2.45) is 0 Å². The number of hydrogen-bond acceptors (Lipinski definition) is 5. The third kappa shape index (κ3) is 4.48. The number of rotatable bonds is 4. The van der Waals surface area contributed by atoms with Crippen LogP contribution in [0.15, 0.2) is 23.2 Å². The average molecular weight is 232 g/mol. The van der Waals surface area contributed by atoms with Gasteiger partial charge in [0, 0.05) is 23.1 Å². The van der Waals surface area contributed by atoms with E-state index >= 15 is 0 Å². The quantitative estimate of drug-likeness (QED) is 0.777. The molecule has 4 nitrogen and oxygen atoms in total. The molecule has 1 rings (SSSR count). The lowest BCUT2D eigenvalue weighted by Crippen LogP contribution is -2.04. The van der Waals surface area contributed by atoms with Gasteiger partial charge in [-0.1, -0.05) is 0 Å². The summed E-state index contributed by atoms with van der Waals surface area (Å²) in [4.78, 5) is 4.83. The van der Waals surface area contributed by atoms with Gasteiger partial charge in [0.05, 0.1) is 5.75 Å². The van der Waals surface area contributed by atoms with Gasteiger partial charge in [-0.25, -0.2) is 13.4 Å². The van der Waals surface area contributed by atoms with Crippen molar-refractivity contribution in [1.82, 2.24) is 4.98 Å². The van der Waals surface area contributed by atoms with Crippen molar-refractivity contribution in [2.45, 2.75) is 4.90 Å². The van der Waals surface area contributed by atoms with Gasteiger partial charge < -0.3 is 5.73 Å². The Morgan fingerprint density at radius 3 is 2.71 bits per heavy atom. The summed E-state index contributed by atoms with van der Waals surface area (Å²) in [5.74, 6) is 1.20. The summed E-state index contributed by atoms with van der Waals surface area (Å²) in [7, 11) is -2.87. The van der Waals surface area contributed by atoms with Crippen molar-refractivity contribution in [3.05, 3.63) is 18.3 Å². The van der Waals surface area contributed by atoms with Gasteiger partial charge in [-0.3, -0.25) is 0 Å². The second-order valence-electron chi connectivity index (χ2n) is 2.90. The molecule has 0 atom stereocenters. The van der Waals surface area contributed by atoms with Crippen LogP contribution in [0.25, 0.3) is 0 Å². The van der Waals surface area contributed by atoms with Crippen molar-refractivity contribution in [3.8, 4) is 0 Å². The molecule has 0 aliphatic rings. The highest BCUT2D eigenvalue weighted by molar-refractivity contribution is 8.00. The molecule has 0 radical (unpaired) electrons. The van der Waals surface area contributed by atoms with E-state index in [1.165, 1.54) is 18.0 Å². The second-order valence-corrected chi connectivity index (χ2v) is 6.33. The minimum atomic E-state index is -2.87. The Balaban J connectivity index is 2.43. The summed E-state index contributed by atoms with van der Waals surface area (Å²) in [5, 5.41) is 0. The molecule has 14 heavy (non-hydrogen) atoms. The predicted octanol–water partition coefficient (Wildman–Crippen LogP) is 0.801. The summed E-state index contributed by atoms with van der Waals surface area (Å²) in [6.45, 7) is 0. The van der Waals surface area contributed by atoms with Crippen LogP contribution < -0.4 is 5.73 Å². The summed E-state index contributed by atoms with van der Waals surface area (Å²) in [6.07, 6.45) is 2.87. The van der Waals surface area contributed by atoms with Gasteiger partial charge in [0.1, 0.15) is 15.7 Å². The zero-order valence-corrected chi connectivity index (χ0v) is 9.44. The fraction of sp³-hybridized carbons (Fsp3) is 0.375. The van der Waals surface area contributed by atoms with Gasteiger partial charge in [0.25, 0.3) is 0 Å². The number of anilines is 1. The molecular weight excluding hydrogens is 220 g/mol. The van der Waals surface area contributed by atoms with Crippen LogP contribution in [-0.2, 0) is 9.84 Å². The molecule has 78 valence electrons. The third-order valence-electron chi connectivity index (χ3n) is 1.48. The maximum atomic E-state index is 10.8. The molecule has 0 amide bonds. The first-order valence-corrected chi connectivity index (χ1v) is 7.04. The molecule has 0 saturated heterocycles. The maximum Gasteiger partial charge on any atom is 0.148 e. The number of hydrogen-bond donors (Lipinski definition) is 1. The van der Waals surface area contributed by atoms with Crippen molar-refractivity contribution >= 4 is 27.4 Å². The van der Waals surface area contributed by atoms with E-state index < -0.39 is 9.84 Å². The van der Waals surface area contributed by atoms with Crippen LogP contribution in [0.3, 0.4) is 0 Å². The first-order chi connectivity index (χ1) is 6.47. The van der Waals surface area contributed by atoms with Gasteiger partial charge in [-0.15, -0.1) is 11.8 Å². The van der Waals surface area contributed by atoms with Gasteiger partial charge in [0.2, 0.25) is 0 Å². The molecule has 1 aromatic heterocycles. The van der Waals surface area contributed by atoms with Crippen LogP contribution in [0.1, 0.15) is 0 Å². The van der Waals surface area contributed by atoms with Gasteiger partial charge in [-0.05, 0) is 12.1 Å². The van der Waals surface area contributed by atoms with E-state index in [0.29, 0.717) is 11.6 Å². The molecule has 0 bridgehead atoms. The topological polar surface area (TPSA) is 73.0 Å². The fourth-order valence-corrected chi connectivity index (χ4v) is 2.86. The molecule has 0 fully saturated rings. The second kappa shape index (κ2) is 4.65. The number of thioether (sulfide) groups is 1. The van der Waals surface area contributed by atoms with E-state index in [0.717, 1.165) is 4.90 Å². The molecule has 6 heteroatoms. The molecule has 0 aliphatic carbocycles. The zero-order chi connectivity index (χ0) is 10.6. The van der Waals surface area contributed by atoms with Crippen molar-refractivity contribution in [3.63, 3.8) is 0 Å². The number of sulfone groups is 1. The molecular formula is C8H12N2O2S2. The highest BCUT2D eigenvalue weighted by Gasteiger charge is 2.02. The Morgan fingerprint density at radius 2 is 2.21 bits per heavy atom. The van der Waals surface area contributed by atoms with Crippen molar-refractivity contribution in [1.29, 1.82) is 0 Å². The molecule has 0 saturated carbocycles. The number of pyridine rings is 1. The van der Waals surface area contributed by atoms with Gasteiger partial charge in [0.15, 0.2) is 0 Å². The standard InChI is InChI=1S/C8H12N2O2S2/c1-14(11,12)5-4-13-7-2-3-8(9)10-6-7/h2-3,6H,4-5H2,1H3,(H2,9,10). The molecule has 1 heterocycles. The number of nitrogens with zero attached hydrogens (tertiary/aromatic N) is 1. The van der Waals surface area contributed by atoms with Crippen LogP contribution in [0, 0.1) is 0 Å². The molecule has 1 aromatic rings. The zero-order valence-electron chi connectivity index (χ0n) is 7.80. The monoisotopic (exact) mass is 232 g/mol. The first-order valence-electron chi connectivity index (χ1n) is 3.99. The Labute approximate surface area is 87.8 Å². The van der Waals surface area contributed by atoms with Gasteiger partial charge >= 0.3 is 0 Å².